The fourth-order valence-electron chi connectivity index (χ4n) is 2.30. The maximum Gasteiger partial charge on any atom is 0.240 e. The van der Waals surface area contributed by atoms with E-state index in [4.69, 9.17) is 9.26 Å². The second-order valence-corrected chi connectivity index (χ2v) is 8.34. The molecule has 3 heterocycles. The van der Waals surface area contributed by atoms with Crippen molar-refractivity contribution in [3.63, 3.8) is 0 Å². The van der Waals surface area contributed by atoms with Crippen LogP contribution in [0.3, 0.4) is 0 Å². The number of sulfone groups is 1. The monoisotopic (exact) mass is 319 g/mol. The van der Waals surface area contributed by atoms with Crippen molar-refractivity contribution in [1.29, 1.82) is 0 Å². The number of thioether (sulfide) groups is 1. The van der Waals surface area contributed by atoms with E-state index in [-0.39, 0.29) is 23.7 Å². The largest absolute Gasteiger partial charge is 0.368 e. The molecule has 20 heavy (non-hydrogen) atoms. The van der Waals surface area contributed by atoms with Crippen LogP contribution in [-0.4, -0.2) is 54.2 Å². The maximum atomic E-state index is 11.4. The third-order valence-corrected chi connectivity index (χ3v) is 6.12. The van der Waals surface area contributed by atoms with Crippen molar-refractivity contribution in [1.82, 2.24) is 15.5 Å². The standard InChI is InChI=1S/C11H17N3O4S2/c15-20(16)4-1-8(7-20)12-5-10-13-11(14-18-10)9-6-19-3-2-17-9/h8-9,12H,1-7H2. The first-order valence-electron chi connectivity index (χ1n) is 6.58. The Morgan fingerprint density at radius 2 is 2.35 bits per heavy atom. The molecule has 112 valence electrons. The van der Waals surface area contributed by atoms with Crippen molar-refractivity contribution in [3.05, 3.63) is 11.7 Å². The molecule has 3 rings (SSSR count). The zero-order valence-corrected chi connectivity index (χ0v) is 12.6. The molecule has 9 heteroatoms. The van der Waals surface area contributed by atoms with Gasteiger partial charge >= 0.3 is 0 Å². The van der Waals surface area contributed by atoms with Crippen molar-refractivity contribution in [2.24, 2.45) is 0 Å². The van der Waals surface area contributed by atoms with Gasteiger partial charge in [0.25, 0.3) is 0 Å². The van der Waals surface area contributed by atoms with E-state index in [1.54, 1.807) is 0 Å². The minimum atomic E-state index is -2.86. The van der Waals surface area contributed by atoms with E-state index in [0.29, 0.717) is 31.3 Å². The van der Waals surface area contributed by atoms with E-state index < -0.39 is 9.84 Å². The molecule has 1 N–H and O–H groups in total. The summed E-state index contributed by atoms with van der Waals surface area (Å²) in [7, 11) is -2.86. The van der Waals surface area contributed by atoms with Gasteiger partial charge in [0.05, 0.1) is 24.7 Å². The highest BCUT2D eigenvalue weighted by molar-refractivity contribution is 7.99. The topological polar surface area (TPSA) is 94.3 Å². The molecule has 0 bridgehead atoms. The van der Waals surface area contributed by atoms with Crippen molar-refractivity contribution >= 4 is 21.6 Å². The summed E-state index contributed by atoms with van der Waals surface area (Å²) in [5.74, 6) is 3.34. The highest BCUT2D eigenvalue weighted by atomic mass is 32.2. The molecule has 0 spiro atoms. The van der Waals surface area contributed by atoms with Crippen molar-refractivity contribution in [3.8, 4) is 0 Å². The number of rotatable bonds is 4. The lowest BCUT2D eigenvalue weighted by molar-refractivity contribution is 0.0677. The van der Waals surface area contributed by atoms with Crippen LogP contribution in [0.5, 0.6) is 0 Å². The number of hydrogen-bond acceptors (Lipinski definition) is 8. The number of nitrogens with zero attached hydrogens (tertiary/aromatic N) is 2. The highest BCUT2D eigenvalue weighted by Crippen LogP contribution is 2.24. The summed E-state index contributed by atoms with van der Waals surface area (Å²) in [6, 6.07) is -0.0168. The van der Waals surface area contributed by atoms with E-state index in [9.17, 15) is 8.42 Å². The third kappa shape index (κ3) is 3.51. The van der Waals surface area contributed by atoms with Gasteiger partial charge in [-0.1, -0.05) is 5.16 Å². The Labute approximate surface area is 121 Å². The molecule has 2 atom stereocenters. The van der Waals surface area contributed by atoms with Crippen LogP contribution in [0.25, 0.3) is 0 Å². The Morgan fingerprint density at radius 3 is 3.05 bits per heavy atom. The molecule has 2 aliphatic rings. The van der Waals surface area contributed by atoms with Gasteiger partial charge in [0, 0.05) is 17.5 Å². The fourth-order valence-corrected chi connectivity index (χ4v) is 4.84. The number of hydrogen-bond donors (Lipinski definition) is 1. The van der Waals surface area contributed by atoms with E-state index in [2.05, 4.69) is 15.5 Å². The second-order valence-electron chi connectivity index (χ2n) is 4.96. The normalized spacial score (nSPS) is 29.6. The van der Waals surface area contributed by atoms with E-state index in [1.165, 1.54) is 0 Å². The molecule has 2 aliphatic heterocycles. The van der Waals surface area contributed by atoms with Crippen LogP contribution in [0.1, 0.15) is 24.2 Å². The smallest absolute Gasteiger partial charge is 0.240 e. The molecular formula is C11H17N3O4S2. The Kier molecular flexibility index (Phi) is 4.29. The van der Waals surface area contributed by atoms with Gasteiger partial charge in [0.15, 0.2) is 9.84 Å². The second kappa shape index (κ2) is 6.00. The Balaban J connectivity index is 1.52. The first-order chi connectivity index (χ1) is 9.62. The predicted molar refractivity (Wildman–Crippen MR) is 74.2 cm³/mol. The van der Waals surface area contributed by atoms with Crippen LogP contribution in [0.15, 0.2) is 4.52 Å². The molecule has 7 nitrogen and oxygen atoms in total. The number of ether oxygens (including phenoxy) is 1. The average molecular weight is 319 g/mol. The summed E-state index contributed by atoms with van der Waals surface area (Å²) in [6.45, 7) is 1.10. The first kappa shape index (κ1) is 14.3. The summed E-state index contributed by atoms with van der Waals surface area (Å²) in [5, 5.41) is 7.08. The lowest BCUT2D eigenvalue weighted by Gasteiger charge is -2.18. The van der Waals surface area contributed by atoms with Crippen LogP contribution in [-0.2, 0) is 21.1 Å². The minimum Gasteiger partial charge on any atom is -0.368 e. The molecule has 0 radical (unpaired) electrons. The molecule has 2 saturated heterocycles. The Bertz CT molecular complexity index is 554. The van der Waals surface area contributed by atoms with E-state index in [1.807, 2.05) is 11.8 Å². The fraction of sp³-hybridized carbons (Fsp3) is 0.818. The van der Waals surface area contributed by atoms with E-state index in [0.717, 1.165) is 11.5 Å². The first-order valence-corrected chi connectivity index (χ1v) is 9.56. The zero-order valence-electron chi connectivity index (χ0n) is 10.9. The molecule has 0 amide bonds. The molecule has 2 unspecified atom stereocenters. The van der Waals surface area contributed by atoms with Gasteiger partial charge in [0.2, 0.25) is 11.7 Å². The van der Waals surface area contributed by atoms with Gasteiger partial charge in [-0.2, -0.15) is 16.7 Å². The molecule has 0 saturated carbocycles. The summed E-state index contributed by atoms with van der Waals surface area (Å²) < 4.78 is 33.4. The Hall–Kier alpha value is -0.640. The van der Waals surface area contributed by atoms with Crippen LogP contribution in [0, 0.1) is 0 Å². The predicted octanol–water partition coefficient (Wildman–Crippen LogP) is 0.151. The summed E-state index contributed by atoms with van der Waals surface area (Å²) >= 11 is 1.81. The molecule has 0 aromatic carbocycles. The average Bonchev–Trinajstić information content (AvgIpc) is 3.04. The lowest BCUT2D eigenvalue weighted by atomic mass is 10.3. The maximum absolute atomic E-state index is 11.4. The van der Waals surface area contributed by atoms with E-state index >= 15 is 0 Å². The van der Waals surface area contributed by atoms with Crippen molar-refractivity contribution in [2.75, 3.05) is 29.6 Å². The molecule has 1 aromatic heterocycles. The highest BCUT2D eigenvalue weighted by Gasteiger charge is 2.28. The SMILES string of the molecule is O=S1(=O)CCC(NCc2nc(C3CSCCO3)no2)C1. The van der Waals surface area contributed by atoms with Gasteiger partial charge in [-0.3, -0.25) is 0 Å². The summed E-state index contributed by atoms with van der Waals surface area (Å²) in [4.78, 5) is 4.30. The van der Waals surface area contributed by atoms with Crippen LogP contribution in [0.2, 0.25) is 0 Å². The van der Waals surface area contributed by atoms with Gasteiger partial charge in [-0.15, -0.1) is 0 Å². The zero-order chi connectivity index (χ0) is 14.0. The third-order valence-electron chi connectivity index (χ3n) is 3.36. The van der Waals surface area contributed by atoms with Crippen molar-refractivity contribution < 1.29 is 17.7 Å². The summed E-state index contributed by atoms with van der Waals surface area (Å²) in [6.07, 6.45) is 0.546. The van der Waals surface area contributed by atoms with Crippen LogP contribution < -0.4 is 5.32 Å². The summed E-state index contributed by atoms with van der Waals surface area (Å²) in [5.41, 5.74) is 0. The lowest BCUT2D eigenvalue weighted by Crippen LogP contribution is -2.29. The molecular weight excluding hydrogens is 302 g/mol. The number of aromatic nitrogens is 2. The minimum absolute atomic E-state index is 0.0168. The van der Waals surface area contributed by atoms with Gasteiger partial charge in [0.1, 0.15) is 6.10 Å². The van der Waals surface area contributed by atoms with Crippen LogP contribution in [0.4, 0.5) is 0 Å². The van der Waals surface area contributed by atoms with Gasteiger partial charge in [-0.05, 0) is 6.42 Å². The van der Waals surface area contributed by atoms with Gasteiger partial charge in [-0.25, -0.2) is 8.42 Å². The van der Waals surface area contributed by atoms with Crippen LogP contribution >= 0.6 is 11.8 Å². The quantitative estimate of drug-likeness (QED) is 0.838. The molecule has 1 aromatic rings. The number of nitrogens with one attached hydrogen (secondary N) is 1. The van der Waals surface area contributed by atoms with Gasteiger partial charge < -0.3 is 14.6 Å². The molecule has 2 fully saturated rings. The molecule has 0 aliphatic carbocycles. The van der Waals surface area contributed by atoms with Crippen molar-refractivity contribution in [2.45, 2.75) is 25.1 Å². The Morgan fingerprint density at radius 1 is 1.45 bits per heavy atom.